The van der Waals surface area contributed by atoms with E-state index in [9.17, 15) is 18.0 Å². The number of carbonyl (C=O) groups excluding carboxylic acids is 1. The van der Waals surface area contributed by atoms with Gasteiger partial charge < -0.3 is 14.2 Å². The van der Waals surface area contributed by atoms with Gasteiger partial charge in [-0.3, -0.25) is 4.79 Å². The standard InChI is InChI=1S/C16H17F3N4O2/c1-2-14-21-20-10-23(14)12-7-8-22(9-12)15(24)11-3-5-13(6-4-11)25-16(17,18)19/h3-6,10,12H,2,7-9H2,1H3. The molecule has 1 aliphatic rings. The van der Waals surface area contributed by atoms with Crippen LogP contribution in [0.4, 0.5) is 13.2 Å². The molecule has 134 valence electrons. The van der Waals surface area contributed by atoms with Crippen molar-refractivity contribution in [2.45, 2.75) is 32.2 Å². The molecule has 1 amide bonds. The number of aromatic nitrogens is 3. The summed E-state index contributed by atoms with van der Waals surface area (Å²) in [6.07, 6.45) is -1.54. The van der Waals surface area contributed by atoms with Crippen molar-refractivity contribution in [3.8, 4) is 5.75 Å². The van der Waals surface area contributed by atoms with Gasteiger partial charge in [-0.05, 0) is 30.7 Å². The fraction of sp³-hybridized carbons (Fsp3) is 0.438. The van der Waals surface area contributed by atoms with Crippen LogP contribution in [-0.2, 0) is 6.42 Å². The highest BCUT2D eigenvalue weighted by molar-refractivity contribution is 5.94. The van der Waals surface area contributed by atoms with Crippen molar-refractivity contribution >= 4 is 5.91 Å². The van der Waals surface area contributed by atoms with E-state index in [1.54, 1.807) is 11.2 Å². The Morgan fingerprint density at radius 1 is 1.32 bits per heavy atom. The van der Waals surface area contributed by atoms with Crippen LogP contribution in [0.2, 0.25) is 0 Å². The smallest absolute Gasteiger partial charge is 0.406 e. The molecule has 2 aromatic rings. The normalized spacial score (nSPS) is 17.8. The maximum absolute atomic E-state index is 12.5. The molecule has 1 unspecified atom stereocenters. The molecule has 1 aromatic heterocycles. The fourth-order valence-corrected chi connectivity index (χ4v) is 2.96. The summed E-state index contributed by atoms with van der Waals surface area (Å²) in [5, 5.41) is 7.96. The topological polar surface area (TPSA) is 60.2 Å². The molecule has 0 spiro atoms. The molecule has 1 aliphatic heterocycles. The minimum atomic E-state index is -4.75. The first-order valence-electron chi connectivity index (χ1n) is 7.91. The second-order valence-corrected chi connectivity index (χ2v) is 5.77. The summed E-state index contributed by atoms with van der Waals surface area (Å²) < 4.78 is 42.3. The predicted molar refractivity (Wildman–Crippen MR) is 82.1 cm³/mol. The first-order chi connectivity index (χ1) is 11.9. The van der Waals surface area contributed by atoms with Crippen LogP contribution in [0.15, 0.2) is 30.6 Å². The Morgan fingerprint density at radius 3 is 2.68 bits per heavy atom. The van der Waals surface area contributed by atoms with Gasteiger partial charge in [0.25, 0.3) is 5.91 Å². The average molecular weight is 354 g/mol. The molecule has 0 aliphatic carbocycles. The number of halogens is 3. The number of carbonyl (C=O) groups is 1. The molecule has 1 saturated heterocycles. The zero-order valence-electron chi connectivity index (χ0n) is 13.5. The van der Waals surface area contributed by atoms with Gasteiger partial charge in [-0.1, -0.05) is 6.92 Å². The molecule has 0 N–H and O–H groups in total. The zero-order valence-corrected chi connectivity index (χ0v) is 13.5. The van der Waals surface area contributed by atoms with E-state index >= 15 is 0 Å². The second-order valence-electron chi connectivity index (χ2n) is 5.77. The van der Waals surface area contributed by atoms with Crippen LogP contribution in [-0.4, -0.2) is 45.0 Å². The lowest BCUT2D eigenvalue weighted by molar-refractivity contribution is -0.274. The van der Waals surface area contributed by atoms with Gasteiger partial charge in [-0.25, -0.2) is 0 Å². The van der Waals surface area contributed by atoms with Gasteiger partial charge in [0, 0.05) is 25.1 Å². The Hall–Kier alpha value is -2.58. The third kappa shape index (κ3) is 3.92. The Bertz CT molecular complexity index is 743. The lowest BCUT2D eigenvalue weighted by atomic mass is 10.2. The van der Waals surface area contributed by atoms with Gasteiger partial charge in [-0.15, -0.1) is 23.4 Å². The Morgan fingerprint density at radius 2 is 2.04 bits per heavy atom. The van der Waals surface area contributed by atoms with Crippen LogP contribution >= 0.6 is 0 Å². The summed E-state index contributed by atoms with van der Waals surface area (Å²) in [7, 11) is 0. The number of hydrogen-bond donors (Lipinski definition) is 0. The van der Waals surface area contributed by atoms with Crippen molar-refractivity contribution in [1.29, 1.82) is 0 Å². The van der Waals surface area contributed by atoms with Gasteiger partial charge in [0.2, 0.25) is 0 Å². The van der Waals surface area contributed by atoms with Crippen LogP contribution in [0.1, 0.15) is 35.6 Å². The minimum absolute atomic E-state index is 0.113. The molecule has 1 atom stereocenters. The summed E-state index contributed by atoms with van der Waals surface area (Å²) in [5.41, 5.74) is 0.328. The first-order valence-corrected chi connectivity index (χ1v) is 7.91. The predicted octanol–water partition coefficient (Wildman–Crippen LogP) is 2.83. The van der Waals surface area contributed by atoms with E-state index in [1.807, 2.05) is 11.5 Å². The lowest BCUT2D eigenvalue weighted by Crippen LogP contribution is -2.29. The number of ether oxygens (including phenoxy) is 1. The Kier molecular flexibility index (Phi) is 4.65. The number of hydrogen-bond acceptors (Lipinski definition) is 4. The highest BCUT2D eigenvalue weighted by atomic mass is 19.4. The van der Waals surface area contributed by atoms with Gasteiger partial charge >= 0.3 is 6.36 Å². The van der Waals surface area contributed by atoms with Gasteiger partial charge in [0.1, 0.15) is 17.9 Å². The third-order valence-electron chi connectivity index (χ3n) is 4.14. The lowest BCUT2D eigenvalue weighted by Gasteiger charge is -2.18. The number of amides is 1. The van der Waals surface area contributed by atoms with E-state index in [0.29, 0.717) is 18.7 Å². The summed E-state index contributed by atoms with van der Waals surface area (Å²) in [5.74, 6) is 0.306. The van der Waals surface area contributed by atoms with Crippen molar-refractivity contribution in [2.24, 2.45) is 0 Å². The highest BCUT2D eigenvalue weighted by Crippen LogP contribution is 2.26. The SMILES string of the molecule is CCc1nncn1C1CCN(C(=O)c2ccc(OC(F)(F)F)cc2)C1. The van der Waals surface area contributed by atoms with Gasteiger partial charge in [0.05, 0.1) is 6.04 Å². The van der Waals surface area contributed by atoms with Crippen molar-refractivity contribution in [3.63, 3.8) is 0 Å². The fourth-order valence-electron chi connectivity index (χ4n) is 2.96. The van der Waals surface area contributed by atoms with Crippen LogP contribution in [0, 0.1) is 0 Å². The molecule has 1 fully saturated rings. The first kappa shape index (κ1) is 17.2. The van der Waals surface area contributed by atoms with Crippen molar-refractivity contribution in [2.75, 3.05) is 13.1 Å². The van der Waals surface area contributed by atoms with E-state index in [-0.39, 0.29) is 17.7 Å². The molecule has 25 heavy (non-hydrogen) atoms. The van der Waals surface area contributed by atoms with E-state index in [4.69, 9.17) is 0 Å². The molecule has 3 rings (SSSR count). The highest BCUT2D eigenvalue weighted by Gasteiger charge is 2.32. The number of benzene rings is 1. The number of rotatable bonds is 4. The molecule has 1 aromatic carbocycles. The van der Waals surface area contributed by atoms with Crippen molar-refractivity contribution < 1.29 is 22.7 Å². The molecule has 0 radical (unpaired) electrons. The number of likely N-dealkylation sites (tertiary alicyclic amines) is 1. The monoisotopic (exact) mass is 354 g/mol. The maximum Gasteiger partial charge on any atom is 0.573 e. The van der Waals surface area contributed by atoms with Gasteiger partial charge in [0.15, 0.2) is 0 Å². The second kappa shape index (κ2) is 6.73. The van der Waals surface area contributed by atoms with Crippen LogP contribution in [0.25, 0.3) is 0 Å². The van der Waals surface area contributed by atoms with Crippen molar-refractivity contribution in [3.05, 3.63) is 42.0 Å². The summed E-state index contributed by atoms with van der Waals surface area (Å²) >= 11 is 0. The Balaban J connectivity index is 1.66. The van der Waals surface area contributed by atoms with Crippen LogP contribution in [0.3, 0.4) is 0 Å². The maximum atomic E-state index is 12.5. The zero-order chi connectivity index (χ0) is 18.0. The quantitative estimate of drug-likeness (QED) is 0.847. The molecule has 9 heteroatoms. The average Bonchev–Trinajstić information content (AvgIpc) is 3.22. The molecule has 2 heterocycles. The van der Waals surface area contributed by atoms with E-state index in [0.717, 1.165) is 30.8 Å². The molecule has 0 bridgehead atoms. The molecular weight excluding hydrogens is 337 g/mol. The van der Waals surface area contributed by atoms with Crippen LogP contribution < -0.4 is 4.74 Å². The summed E-state index contributed by atoms with van der Waals surface area (Å²) in [6, 6.07) is 5.08. The van der Waals surface area contributed by atoms with Gasteiger partial charge in [-0.2, -0.15) is 0 Å². The number of aryl methyl sites for hydroxylation is 1. The van der Waals surface area contributed by atoms with E-state index in [2.05, 4.69) is 14.9 Å². The summed E-state index contributed by atoms with van der Waals surface area (Å²) in [6.45, 7) is 3.08. The largest absolute Gasteiger partial charge is 0.573 e. The van der Waals surface area contributed by atoms with E-state index < -0.39 is 6.36 Å². The number of nitrogens with zero attached hydrogens (tertiary/aromatic N) is 4. The third-order valence-corrected chi connectivity index (χ3v) is 4.14. The molecular formula is C16H17F3N4O2. The number of alkyl halides is 3. The molecule has 6 nitrogen and oxygen atoms in total. The van der Waals surface area contributed by atoms with Crippen LogP contribution in [0.5, 0.6) is 5.75 Å². The van der Waals surface area contributed by atoms with Crippen molar-refractivity contribution in [1.82, 2.24) is 19.7 Å². The summed E-state index contributed by atoms with van der Waals surface area (Å²) in [4.78, 5) is 14.2. The minimum Gasteiger partial charge on any atom is -0.406 e. The van der Waals surface area contributed by atoms with E-state index in [1.165, 1.54) is 12.1 Å². The Labute approximate surface area is 142 Å². The molecule has 0 saturated carbocycles.